The van der Waals surface area contributed by atoms with E-state index >= 15 is 0 Å². The number of hydroxylamine groups is 1. The second kappa shape index (κ2) is 15.4. The highest BCUT2D eigenvalue weighted by atomic mass is 19.1. The van der Waals surface area contributed by atoms with Crippen molar-refractivity contribution in [3.05, 3.63) is 29.8 Å². The Bertz CT molecular complexity index is 833. The average Bonchev–Trinajstić information content (AvgIpc) is 2.87. The highest BCUT2D eigenvalue weighted by molar-refractivity contribution is 5.91. The van der Waals surface area contributed by atoms with Crippen molar-refractivity contribution in [3.63, 3.8) is 0 Å². The first-order valence-electron chi connectivity index (χ1n) is 13.1. The summed E-state index contributed by atoms with van der Waals surface area (Å²) in [6.07, 6.45) is 3.96. The van der Waals surface area contributed by atoms with Gasteiger partial charge in [-0.05, 0) is 55.2 Å². The minimum atomic E-state index is -0.835. The van der Waals surface area contributed by atoms with Crippen molar-refractivity contribution in [1.29, 1.82) is 0 Å². The molecule has 0 radical (unpaired) electrons. The molecule has 3 rings (SSSR count). The van der Waals surface area contributed by atoms with Gasteiger partial charge in [0.15, 0.2) is 0 Å². The lowest BCUT2D eigenvalue weighted by Gasteiger charge is -2.33. The smallest absolute Gasteiger partial charge is 0.247 e. The van der Waals surface area contributed by atoms with Crippen LogP contribution in [-0.4, -0.2) is 48.8 Å². The standard InChI is InChI=1S/C27H42FN3O5/c1-18(2)19(3)24-22(25(32)31-35)9-8-16-36-21-12-10-20(11-13-21)17-23(30-27(24)34)26(33)29-15-7-5-4-6-14-28/h10-13,18-19,22-24,35H,4-9,14-17H2,1-3H3,(H,29,33)(H,30,34)(H,31,32)/t19?,22-,23-,24+/m0/s1. The van der Waals surface area contributed by atoms with Crippen LogP contribution in [0, 0.1) is 23.7 Å². The number of fused-ring (bicyclic) bond motifs is 11. The van der Waals surface area contributed by atoms with Crippen LogP contribution in [0.3, 0.4) is 0 Å². The second-order valence-corrected chi connectivity index (χ2v) is 10.0. The van der Waals surface area contributed by atoms with Gasteiger partial charge in [-0.3, -0.25) is 24.0 Å². The highest BCUT2D eigenvalue weighted by Gasteiger charge is 2.39. The molecule has 4 N–H and O–H groups in total. The first-order chi connectivity index (χ1) is 17.3. The van der Waals surface area contributed by atoms with Crippen molar-refractivity contribution in [1.82, 2.24) is 16.1 Å². The van der Waals surface area contributed by atoms with Gasteiger partial charge in [0.1, 0.15) is 11.8 Å². The van der Waals surface area contributed by atoms with Crippen LogP contribution in [-0.2, 0) is 20.8 Å². The van der Waals surface area contributed by atoms with Crippen LogP contribution in [0.5, 0.6) is 5.75 Å². The third-order valence-electron chi connectivity index (χ3n) is 7.09. The van der Waals surface area contributed by atoms with E-state index in [1.54, 1.807) is 5.48 Å². The molecule has 4 atom stereocenters. The zero-order valence-electron chi connectivity index (χ0n) is 21.7. The molecule has 202 valence electrons. The van der Waals surface area contributed by atoms with Gasteiger partial charge in [-0.25, -0.2) is 5.48 Å². The molecule has 1 aromatic rings. The number of carbonyl (C=O) groups is 3. The number of alkyl halides is 1. The number of benzene rings is 1. The summed E-state index contributed by atoms with van der Waals surface area (Å²) >= 11 is 0. The number of halogens is 1. The van der Waals surface area contributed by atoms with Crippen molar-refractivity contribution in [3.8, 4) is 5.75 Å². The molecule has 2 aliphatic rings. The maximum atomic E-state index is 13.7. The van der Waals surface area contributed by atoms with Crippen LogP contribution < -0.4 is 20.9 Å². The molecule has 0 saturated heterocycles. The summed E-state index contributed by atoms with van der Waals surface area (Å²) in [6.45, 7) is 6.34. The quantitative estimate of drug-likeness (QED) is 0.220. The fraction of sp³-hybridized carbons (Fsp3) is 0.667. The molecule has 36 heavy (non-hydrogen) atoms. The molecule has 8 nitrogen and oxygen atoms in total. The van der Waals surface area contributed by atoms with Gasteiger partial charge in [-0.2, -0.15) is 0 Å². The maximum absolute atomic E-state index is 13.7. The van der Waals surface area contributed by atoms with Gasteiger partial charge < -0.3 is 15.4 Å². The number of carbonyl (C=O) groups excluding carboxylic acids is 3. The fourth-order valence-corrected chi connectivity index (χ4v) is 4.60. The van der Waals surface area contributed by atoms with Gasteiger partial charge in [0.2, 0.25) is 17.7 Å². The van der Waals surface area contributed by atoms with E-state index in [0.29, 0.717) is 38.2 Å². The monoisotopic (exact) mass is 507 g/mol. The van der Waals surface area contributed by atoms with Gasteiger partial charge in [-0.15, -0.1) is 0 Å². The van der Waals surface area contributed by atoms with Crippen LogP contribution in [0.25, 0.3) is 0 Å². The summed E-state index contributed by atoms with van der Waals surface area (Å²) in [4.78, 5) is 39.5. The molecule has 1 aromatic carbocycles. The zero-order valence-corrected chi connectivity index (χ0v) is 21.7. The third-order valence-corrected chi connectivity index (χ3v) is 7.09. The molecule has 0 saturated carbocycles. The van der Waals surface area contributed by atoms with Crippen LogP contribution in [0.4, 0.5) is 4.39 Å². The van der Waals surface area contributed by atoms with Gasteiger partial charge in [0, 0.05) is 13.0 Å². The van der Waals surface area contributed by atoms with E-state index in [4.69, 9.17) is 4.74 Å². The number of hydrogen-bond donors (Lipinski definition) is 4. The Morgan fingerprint density at radius 1 is 1.11 bits per heavy atom. The van der Waals surface area contributed by atoms with Crippen molar-refractivity contribution >= 4 is 17.7 Å². The largest absolute Gasteiger partial charge is 0.494 e. The van der Waals surface area contributed by atoms with Crippen molar-refractivity contribution in [2.45, 2.75) is 71.8 Å². The lowest BCUT2D eigenvalue weighted by atomic mass is 9.74. The summed E-state index contributed by atoms with van der Waals surface area (Å²) < 4.78 is 18.1. The normalized spacial score (nSPS) is 21.7. The SMILES string of the molecule is CC(C)C(C)[C@H]1C(=O)N[C@H](C(=O)NCCCCCCF)Cc2ccc(cc2)OCCC[C@@H]1C(=O)NO. The van der Waals surface area contributed by atoms with E-state index in [1.807, 2.05) is 45.0 Å². The Morgan fingerprint density at radius 2 is 1.81 bits per heavy atom. The Hall–Kier alpha value is -2.68. The Kier molecular flexibility index (Phi) is 12.7. The van der Waals surface area contributed by atoms with Gasteiger partial charge in [0.05, 0.1) is 25.1 Å². The minimum Gasteiger partial charge on any atom is -0.494 e. The molecule has 0 spiro atoms. The third kappa shape index (κ3) is 9.08. The first-order valence-corrected chi connectivity index (χ1v) is 13.1. The summed E-state index contributed by atoms with van der Waals surface area (Å²) in [6, 6.07) is 6.56. The molecule has 1 unspecified atom stereocenters. The van der Waals surface area contributed by atoms with E-state index < -0.39 is 23.8 Å². The highest BCUT2D eigenvalue weighted by Crippen LogP contribution is 2.31. The molecule has 0 fully saturated rings. The molecule has 2 heterocycles. The topological polar surface area (TPSA) is 117 Å². The molecular formula is C27H42FN3O5. The van der Waals surface area contributed by atoms with Crippen LogP contribution in [0.15, 0.2) is 24.3 Å². The van der Waals surface area contributed by atoms with Crippen molar-refractivity contribution < 1.29 is 28.7 Å². The molecule has 2 bridgehead atoms. The number of rotatable bonds is 10. The number of unbranched alkanes of at least 4 members (excludes halogenated alkanes) is 3. The van der Waals surface area contributed by atoms with Gasteiger partial charge in [-0.1, -0.05) is 45.7 Å². The predicted molar refractivity (Wildman–Crippen MR) is 135 cm³/mol. The van der Waals surface area contributed by atoms with Gasteiger partial charge in [0.25, 0.3) is 0 Å². The van der Waals surface area contributed by atoms with Crippen LogP contribution in [0.2, 0.25) is 0 Å². The summed E-state index contributed by atoms with van der Waals surface area (Å²) in [5.74, 6) is -2.23. The van der Waals surface area contributed by atoms with Crippen LogP contribution in [0.1, 0.15) is 64.9 Å². The molecule has 3 amide bonds. The van der Waals surface area contributed by atoms with E-state index in [9.17, 15) is 24.0 Å². The average molecular weight is 508 g/mol. The maximum Gasteiger partial charge on any atom is 0.247 e. The Labute approximate surface area is 213 Å². The molecule has 0 aromatic heterocycles. The van der Waals surface area contributed by atoms with Gasteiger partial charge >= 0.3 is 0 Å². The Balaban J connectivity index is 2.30. The number of amides is 3. The second-order valence-electron chi connectivity index (χ2n) is 10.0. The van der Waals surface area contributed by atoms with Crippen molar-refractivity contribution in [2.24, 2.45) is 23.7 Å². The zero-order chi connectivity index (χ0) is 26.5. The lowest BCUT2D eigenvalue weighted by molar-refractivity contribution is -0.143. The lowest BCUT2D eigenvalue weighted by Crippen LogP contribution is -2.53. The van der Waals surface area contributed by atoms with E-state index in [0.717, 1.165) is 24.8 Å². The number of hydrogen-bond acceptors (Lipinski definition) is 5. The summed E-state index contributed by atoms with van der Waals surface area (Å²) in [7, 11) is 0. The fourth-order valence-electron chi connectivity index (χ4n) is 4.60. The van der Waals surface area contributed by atoms with E-state index in [2.05, 4.69) is 10.6 Å². The predicted octanol–water partition coefficient (Wildman–Crippen LogP) is 3.56. The summed E-state index contributed by atoms with van der Waals surface area (Å²) in [5.41, 5.74) is 2.59. The minimum absolute atomic E-state index is 0.0910. The van der Waals surface area contributed by atoms with Crippen LogP contribution >= 0.6 is 0 Å². The molecule has 9 heteroatoms. The molecular weight excluding hydrogens is 465 g/mol. The molecule has 0 aliphatic carbocycles. The summed E-state index contributed by atoms with van der Waals surface area (Å²) in [5, 5.41) is 15.2. The number of ether oxygens (including phenoxy) is 1. The van der Waals surface area contributed by atoms with Crippen molar-refractivity contribution in [2.75, 3.05) is 19.8 Å². The first kappa shape index (κ1) is 29.5. The molecule has 2 aliphatic heterocycles. The Morgan fingerprint density at radius 3 is 2.44 bits per heavy atom. The number of nitrogens with one attached hydrogen (secondary N) is 3. The van der Waals surface area contributed by atoms with E-state index in [1.165, 1.54) is 0 Å². The van der Waals surface area contributed by atoms with E-state index in [-0.39, 0.29) is 36.7 Å².